The zero-order chi connectivity index (χ0) is 17.5. The van der Waals surface area contributed by atoms with Crippen LogP contribution in [0.2, 0.25) is 0 Å². The van der Waals surface area contributed by atoms with Crippen molar-refractivity contribution in [3.63, 3.8) is 0 Å². The number of aryl methyl sites for hydroxylation is 1. The molecule has 4 nitrogen and oxygen atoms in total. The first-order chi connectivity index (χ1) is 12.2. The van der Waals surface area contributed by atoms with Gasteiger partial charge in [0.1, 0.15) is 6.61 Å². The number of pyridine rings is 1. The first kappa shape index (κ1) is 16.9. The third-order valence-corrected chi connectivity index (χ3v) is 3.88. The number of anilines is 2. The molecule has 1 aromatic heterocycles. The van der Waals surface area contributed by atoms with E-state index in [0.717, 1.165) is 11.3 Å². The van der Waals surface area contributed by atoms with Gasteiger partial charge in [0.2, 0.25) is 0 Å². The summed E-state index contributed by atoms with van der Waals surface area (Å²) < 4.78 is 5.94. The fourth-order valence-electron chi connectivity index (χ4n) is 2.32. The summed E-state index contributed by atoms with van der Waals surface area (Å²) in [5.41, 5.74) is 3.25. The van der Waals surface area contributed by atoms with Crippen LogP contribution in [0.3, 0.4) is 0 Å². The maximum Gasteiger partial charge on any atom is 0.176 e. The molecule has 5 heteroatoms. The third-order valence-electron chi connectivity index (χ3n) is 3.68. The maximum atomic E-state index is 5.94. The Kier molecular flexibility index (Phi) is 5.59. The number of thiocarbonyl (C=S) groups is 1. The van der Waals surface area contributed by atoms with Crippen LogP contribution >= 0.6 is 12.2 Å². The Bertz CT molecular complexity index is 852. The zero-order valence-electron chi connectivity index (χ0n) is 13.9. The van der Waals surface area contributed by atoms with Gasteiger partial charge in [0.25, 0.3) is 0 Å². The molecule has 0 saturated carbocycles. The van der Waals surface area contributed by atoms with Gasteiger partial charge in [0.15, 0.2) is 16.7 Å². The molecule has 0 spiro atoms. The predicted molar refractivity (Wildman–Crippen MR) is 106 cm³/mol. The molecule has 0 aliphatic heterocycles. The molecule has 2 aromatic carbocycles. The first-order valence-electron chi connectivity index (χ1n) is 7.98. The molecule has 0 unspecified atom stereocenters. The van der Waals surface area contributed by atoms with E-state index in [2.05, 4.69) is 34.7 Å². The number of ether oxygens (including phenoxy) is 1. The number of benzene rings is 2. The predicted octanol–water partition coefficient (Wildman–Crippen LogP) is 4.78. The quantitative estimate of drug-likeness (QED) is 0.649. The lowest BCUT2D eigenvalue weighted by molar-refractivity contribution is 0.306. The van der Waals surface area contributed by atoms with Crippen molar-refractivity contribution in [2.45, 2.75) is 13.5 Å². The van der Waals surface area contributed by atoms with Crippen LogP contribution in [0.5, 0.6) is 5.75 Å². The van der Waals surface area contributed by atoms with E-state index in [1.165, 1.54) is 5.56 Å². The molecule has 0 fully saturated rings. The van der Waals surface area contributed by atoms with Crippen molar-refractivity contribution in [1.29, 1.82) is 0 Å². The second-order valence-corrected chi connectivity index (χ2v) is 5.92. The smallest absolute Gasteiger partial charge is 0.176 e. The summed E-state index contributed by atoms with van der Waals surface area (Å²) >= 11 is 5.36. The minimum atomic E-state index is 0.464. The third kappa shape index (κ3) is 4.78. The summed E-state index contributed by atoms with van der Waals surface area (Å²) in [4.78, 5) is 4.33. The molecule has 0 bridgehead atoms. The molecule has 0 aliphatic carbocycles. The van der Waals surface area contributed by atoms with Crippen LogP contribution in [-0.4, -0.2) is 10.1 Å². The van der Waals surface area contributed by atoms with Gasteiger partial charge in [0.05, 0.1) is 0 Å². The monoisotopic (exact) mass is 349 g/mol. The van der Waals surface area contributed by atoms with Gasteiger partial charge in [-0.2, -0.15) is 0 Å². The lowest BCUT2D eigenvalue weighted by Crippen LogP contribution is -2.20. The van der Waals surface area contributed by atoms with Gasteiger partial charge in [-0.1, -0.05) is 42.5 Å². The molecule has 0 radical (unpaired) electrons. The lowest BCUT2D eigenvalue weighted by Gasteiger charge is -2.14. The van der Waals surface area contributed by atoms with E-state index in [-0.39, 0.29) is 0 Å². The first-order valence-corrected chi connectivity index (χ1v) is 8.38. The molecule has 126 valence electrons. The minimum absolute atomic E-state index is 0.464. The Hall–Kier alpha value is -2.92. The van der Waals surface area contributed by atoms with Gasteiger partial charge in [-0.3, -0.25) is 0 Å². The summed E-state index contributed by atoms with van der Waals surface area (Å²) in [5.74, 6) is 1.24. The van der Waals surface area contributed by atoms with Crippen LogP contribution in [0.15, 0.2) is 72.9 Å². The van der Waals surface area contributed by atoms with E-state index in [1.807, 2.05) is 54.6 Å². The Balaban J connectivity index is 1.66. The van der Waals surface area contributed by atoms with E-state index in [9.17, 15) is 0 Å². The van der Waals surface area contributed by atoms with Crippen molar-refractivity contribution in [1.82, 2.24) is 4.98 Å². The number of hydrogen-bond donors (Lipinski definition) is 2. The number of para-hydroxylation sites is 1. The van der Waals surface area contributed by atoms with Gasteiger partial charge in [0, 0.05) is 11.9 Å². The summed E-state index contributed by atoms with van der Waals surface area (Å²) in [5, 5.41) is 6.68. The van der Waals surface area contributed by atoms with Crippen molar-refractivity contribution < 1.29 is 4.74 Å². The Morgan fingerprint density at radius 3 is 2.52 bits per heavy atom. The highest BCUT2D eigenvalue weighted by atomic mass is 32.1. The van der Waals surface area contributed by atoms with Crippen LogP contribution in [0.4, 0.5) is 11.5 Å². The van der Waals surface area contributed by atoms with Crippen molar-refractivity contribution >= 4 is 28.8 Å². The standard InChI is InChI=1S/C20H19N3OS/c1-15-8-5-6-9-16(15)14-24-18-12-7-13-21-19(18)23-20(25)22-17-10-3-2-4-11-17/h2-13H,14H2,1H3,(H2,21,22,23,25). The summed E-state index contributed by atoms with van der Waals surface area (Å²) in [6.07, 6.45) is 1.70. The lowest BCUT2D eigenvalue weighted by atomic mass is 10.1. The molecule has 3 aromatic rings. The number of rotatable bonds is 5. The van der Waals surface area contributed by atoms with E-state index < -0.39 is 0 Å². The minimum Gasteiger partial charge on any atom is -0.485 e. The highest BCUT2D eigenvalue weighted by Crippen LogP contribution is 2.23. The van der Waals surface area contributed by atoms with Crippen LogP contribution in [-0.2, 0) is 6.61 Å². The normalized spacial score (nSPS) is 10.1. The van der Waals surface area contributed by atoms with Crippen molar-refractivity contribution in [3.05, 3.63) is 84.1 Å². The summed E-state index contributed by atoms with van der Waals surface area (Å²) in [6.45, 7) is 2.55. The zero-order valence-corrected chi connectivity index (χ0v) is 14.7. The molecule has 0 aliphatic rings. The topological polar surface area (TPSA) is 46.2 Å². The molecule has 2 N–H and O–H groups in total. The summed E-state index contributed by atoms with van der Waals surface area (Å²) in [7, 11) is 0. The van der Waals surface area contributed by atoms with Gasteiger partial charge in [-0.25, -0.2) is 4.98 Å². The van der Waals surface area contributed by atoms with Gasteiger partial charge in [-0.15, -0.1) is 0 Å². The summed E-state index contributed by atoms with van der Waals surface area (Å²) in [6, 6.07) is 21.6. The molecular formula is C20H19N3OS. The highest BCUT2D eigenvalue weighted by Gasteiger charge is 2.08. The fraction of sp³-hybridized carbons (Fsp3) is 0.100. The second kappa shape index (κ2) is 8.26. The van der Waals surface area contributed by atoms with Gasteiger partial charge < -0.3 is 15.4 Å². The van der Waals surface area contributed by atoms with Crippen LogP contribution < -0.4 is 15.4 Å². The largest absolute Gasteiger partial charge is 0.485 e. The molecule has 3 rings (SSSR count). The van der Waals surface area contributed by atoms with E-state index >= 15 is 0 Å². The molecular weight excluding hydrogens is 330 g/mol. The average Bonchev–Trinajstić information content (AvgIpc) is 2.63. The van der Waals surface area contributed by atoms with Crippen molar-refractivity contribution in [2.24, 2.45) is 0 Å². The molecule has 25 heavy (non-hydrogen) atoms. The highest BCUT2D eigenvalue weighted by molar-refractivity contribution is 7.80. The van der Waals surface area contributed by atoms with Crippen LogP contribution in [0.1, 0.15) is 11.1 Å². The molecule has 0 amide bonds. The Morgan fingerprint density at radius 1 is 0.960 bits per heavy atom. The number of nitrogens with zero attached hydrogens (tertiary/aromatic N) is 1. The Labute approximate surface area is 152 Å². The SMILES string of the molecule is Cc1ccccc1COc1cccnc1NC(=S)Nc1ccccc1. The second-order valence-electron chi connectivity index (χ2n) is 5.51. The maximum absolute atomic E-state index is 5.94. The number of hydrogen-bond acceptors (Lipinski definition) is 3. The van der Waals surface area contributed by atoms with E-state index in [4.69, 9.17) is 17.0 Å². The molecule has 0 saturated heterocycles. The van der Waals surface area contributed by atoms with Gasteiger partial charge in [-0.05, 0) is 54.5 Å². The van der Waals surface area contributed by atoms with E-state index in [1.54, 1.807) is 6.20 Å². The number of nitrogens with one attached hydrogen (secondary N) is 2. The molecule has 0 atom stereocenters. The van der Waals surface area contributed by atoms with Crippen LogP contribution in [0, 0.1) is 6.92 Å². The van der Waals surface area contributed by atoms with Crippen molar-refractivity contribution in [3.8, 4) is 5.75 Å². The fourth-order valence-corrected chi connectivity index (χ4v) is 2.53. The Morgan fingerprint density at radius 2 is 1.72 bits per heavy atom. The van der Waals surface area contributed by atoms with E-state index in [0.29, 0.717) is 23.3 Å². The van der Waals surface area contributed by atoms with Crippen molar-refractivity contribution in [2.75, 3.05) is 10.6 Å². The average molecular weight is 349 g/mol. The van der Waals surface area contributed by atoms with Gasteiger partial charge >= 0.3 is 0 Å². The number of aromatic nitrogens is 1. The van der Waals surface area contributed by atoms with Crippen LogP contribution in [0.25, 0.3) is 0 Å². The molecule has 1 heterocycles.